The molecule has 21 heavy (non-hydrogen) atoms. The molecule has 0 aliphatic carbocycles. The van der Waals surface area contributed by atoms with E-state index in [-0.39, 0.29) is 27.1 Å². The van der Waals surface area contributed by atoms with Gasteiger partial charge in [-0.05, 0) is 35.9 Å². The molecule has 0 aliphatic rings. The van der Waals surface area contributed by atoms with Gasteiger partial charge in [-0.2, -0.15) is 0 Å². The Morgan fingerprint density at radius 2 is 1.86 bits per heavy atom. The summed E-state index contributed by atoms with van der Waals surface area (Å²) >= 11 is 15.1. The van der Waals surface area contributed by atoms with E-state index < -0.39 is 10.0 Å². The van der Waals surface area contributed by atoms with Crippen LogP contribution in [-0.2, 0) is 16.6 Å². The number of anilines is 1. The van der Waals surface area contributed by atoms with Gasteiger partial charge in [0.15, 0.2) is 0 Å². The maximum Gasteiger partial charge on any atom is 0.263 e. The third kappa shape index (κ3) is 3.90. The molecule has 8 heteroatoms. The summed E-state index contributed by atoms with van der Waals surface area (Å²) in [5.74, 6) is 0. The molecular weight excluding hydrogens is 401 g/mol. The highest BCUT2D eigenvalue weighted by molar-refractivity contribution is 9.10. The van der Waals surface area contributed by atoms with Gasteiger partial charge in [0.25, 0.3) is 10.0 Å². The van der Waals surface area contributed by atoms with Crippen molar-refractivity contribution in [2.45, 2.75) is 11.5 Å². The standard InChI is InChI=1S/C13H10BrCl2NO3S/c14-9-2-1-3-10(5-9)17-21(19,20)13-4-8(7-18)11(15)6-12(13)16/h1-6,17-18H,7H2. The Kier molecular flexibility index (Phi) is 5.16. The molecule has 2 aromatic rings. The second-order valence-electron chi connectivity index (χ2n) is 4.15. The van der Waals surface area contributed by atoms with Crippen LogP contribution in [0.4, 0.5) is 5.69 Å². The zero-order valence-electron chi connectivity index (χ0n) is 10.5. The largest absolute Gasteiger partial charge is 0.392 e. The molecule has 0 saturated carbocycles. The molecule has 0 amide bonds. The van der Waals surface area contributed by atoms with Crippen LogP contribution in [0, 0.1) is 0 Å². The lowest BCUT2D eigenvalue weighted by Gasteiger charge is -2.12. The molecule has 0 bridgehead atoms. The van der Waals surface area contributed by atoms with Crippen molar-refractivity contribution in [3.05, 3.63) is 56.5 Å². The summed E-state index contributed by atoms with van der Waals surface area (Å²) in [7, 11) is -3.88. The average molecular weight is 411 g/mol. The van der Waals surface area contributed by atoms with E-state index >= 15 is 0 Å². The van der Waals surface area contributed by atoms with Gasteiger partial charge in [0.05, 0.1) is 11.6 Å². The maximum atomic E-state index is 12.4. The first-order valence-electron chi connectivity index (χ1n) is 5.70. The van der Waals surface area contributed by atoms with Crippen molar-refractivity contribution in [1.82, 2.24) is 0 Å². The Bertz CT molecular complexity index is 781. The average Bonchev–Trinajstić information content (AvgIpc) is 2.37. The minimum atomic E-state index is -3.88. The zero-order chi connectivity index (χ0) is 15.6. The highest BCUT2D eigenvalue weighted by Gasteiger charge is 2.20. The minimum absolute atomic E-state index is 0.0142. The quantitative estimate of drug-likeness (QED) is 0.798. The molecule has 2 rings (SSSR count). The molecule has 0 atom stereocenters. The van der Waals surface area contributed by atoms with E-state index in [1.807, 2.05) is 0 Å². The normalized spacial score (nSPS) is 11.4. The van der Waals surface area contributed by atoms with Gasteiger partial charge in [-0.1, -0.05) is 45.2 Å². The van der Waals surface area contributed by atoms with Gasteiger partial charge in [0.2, 0.25) is 0 Å². The molecule has 0 spiro atoms. The molecule has 0 aliphatic heterocycles. The van der Waals surface area contributed by atoms with Crippen LogP contribution in [0.25, 0.3) is 0 Å². The van der Waals surface area contributed by atoms with Crippen LogP contribution in [-0.4, -0.2) is 13.5 Å². The smallest absolute Gasteiger partial charge is 0.263 e. The first-order chi connectivity index (χ1) is 9.83. The maximum absolute atomic E-state index is 12.4. The highest BCUT2D eigenvalue weighted by atomic mass is 79.9. The summed E-state index contributed by atoms with van der Waals surface area (Å²) in [5.41, 5.74) is 0.677. The van der Waals surface area contributed by atoms with Crippen molar-refractivity contribution in [3.63, 3.8) is 0 Å². The van der Waals surface area contributed by atoms with E-state index in [9.17, 15) is 13.5 Å². The van der Waals surface area contributed by atoms with Crippen molar-refractivity contribution in [3.8, 4) is 0 Å². The molecule has 2 aromatic carbocycles. The molecule has 0 unspecified atom stereocenters. The molecule has 2 N–H and O–H groups in total. The fraction of sp³-hybridized carbons (Fsp3) is 0.0769. The summed E-state index contributed by atoms with van der Waals surface area (Å²) in [4.78, 5) is -0.141. The van der Waals surface area contributed by atoms with Crippen LogP contribution in [0.2, 0.25) is 10.0 Å². The number of halogens is 3. The summed E-state index contributed by atoms with van der Waals surface area (Å²) < 4.78 is 27.9. The molecule has 0 fully saturated rings. The summed E-state index contributed by atoms with van der Waals surface area (Å²) in [6.45, 7) is -0.380. The number of aliphatic hydroxyl groups excluding tert-OH is 1. The number of aliphatic hydroxyl groups is 1. The topological polar surface area (TPSA) is 66.4 Å². The number of nitrogens with one attached hydrogen (secondary N) is 1. The van der Waals surface area contributed by atoms with Crippen LogP contribution in [0.5, 0.6) is 0 Å². The van der Waals surface area contributed by atoms with Crippen LogP contribution >= 0.6 is 39.1 Å². The van der Waals surface area contributed by atoms with Crippen LogP contribution in [0.15, 0.2) is 45.8 Å². The van der Waals surface area contributed by atoms with Gasteiger partial charge in [-0.25, -0.2) is 8.42 Å². The van der Waals surface area contributed by atoms with Gasteiger partial charge in [0.1, 0.15) is 4.90 Å². The van der Waals surface area contributed by atoms with Gasteiger partial charge in [-0.15, -0.1) is 0 Å². The van der Waals surface area contributed by atoms with E-state index in [1.54, 1.807) is 24.3 Å². The number of rotatable bonds is 4. The Labute approximate surface area is 140 Å². The molecule has 0 heterocycles. The third-order valence-corrected chi connectivity index (χ3v) is 5.33. The minimum Gasteiger partial charge on any atom is -0.392 e. The number of hydrogen-bond acceptors (Lipinski definition) is 3. The molecule has 112 valence electrons. The van der Waals surface area contributed by atoms with E-state index in [4.69, 9.17) is 23.2 Å². The fourth-order valence-electron chi connectivity index (χ4n) is 1.66. The van der Waals surface area contributed by atoms with Gasteiger partial charge < -0.3 is 5.11 Å². The van der Waals surface area contributed by atoms with E-state index in [0.29, 0.717) is 5.69 Å². The molecule has 4 nitrogen and oxygen atoms in total. The monoisotopic (exact) mass is 409 g/mol. The first kappa shape index (κ1) is 16.6. The van der Waals surface area contributed by atoms with E-state index in [2.05, 4.69) is 20.7 Å². The van der Waals surface area contributed by atoms with Gasteiger partial charge >= 0.3 is 0 Å². The lowest BCUT2D eigenvalue weighted by Crippen LogP contribution is -2.14. The predicted octanol–water partition coefficient (Wildman–Crippen LogP) is 4.05. The van der Waals surface area contributed by atoms with Crippen molar-refractivity contribution >= 4 is 54.8 Å². The Hall–Kier alpha value is -0.790. The Morgan fingerprint density at radius 1 is 1.14 bits per heavy atom. The van der Waals surface area contributed by atoms with Crippen LogP contribution in [0.1, 0.15) is 5.56 Å². The third-order valence-electron chi connectivity index (χ3n) is 2.64. The van der Waals surface area contributed by atoms with Crippen molar-refractivity contribution in [1.29, 1.82) is 0 Å². The molecule has 0 aromatic heterocycles. The summed E-state index contributed by atoms with van der Waals surface area (Å²) in [5, 5.41) is 9.37. The predicted molar refractivity (Wildman–Crippen MR) is 87.3 cm³/mol. The number of benzene rings is 2. The van der Waals surface area contributed by atoms with Crippen molar-refractivity contribution in [2.24, 2.45) is 0 Å². The first-order valence-corrected chi connectivity index (χ1v) is 8.74. The van der Waals surface area contributed by atoms with Gasteiger partial charge in [-0.3, -0.25) is 4.72 Å². The van der Waals surface area contributed by atoms with Crippen molar-refractivity contribution < 1.29 is 13.5 Å². The lowest BCUT2D eigenvalue weighted by molar-refractivity contribution is 0.281. The lowest BCUT2D eigenvalue weighted by atomic mass is 10.2. The highest BCUT2D eigenvalue weighted by Crippen LogP contribution is 2.30. The number of sulfonamides is 1. The second-order valence-corrected chi connectivity index (χ2v) is 7.53. The van der Waals surface area contributed by atoms with Crippen molar-refractivity contribution in [2.75, 3.05) is 4.72 Å². The van der Waals surface area contributed by atoms with Crippen LogP contribution in [0.3, 0.4) is 0 Å². The zero-order valence-corrected chi connectivity index (χ0v) is 14.4. The SMILES string of the molecule is O=S(=O)(Nc1cccc(Br)c1)c1cc(CO)c(Cl)cc1Cl. The molecule has 0 saturated heterocycles. The Morgan fingerprint density at radius 3 is 2.48 bits per heavy atom. The van der Waals surface area contributed by atoms with E-state index in [1.165, 1.54) is 12.1 Å². The van der Waals surface area contributed by atoms with E-state index in [0.717, 1.165) is 4.47 Å². The molecular formula is C13H10BrCl2NO3S. The second kappa shape index (κ2) is 6.54. The number of hydrogen-bond donors (Lipinski definition) is 2. The fourth-order valence-corrected chi connectivity index (χ4v) is 3.97. The Balaban J connectivity index is 2.44. The summed E-state index contributed by atoms with van der Waals surface area (Å²) in [6, 6.07) is 9.25. The van der Waals surface area contributed by atoms with Gasteiger partial charge in [0, 0.05) is 15.2 Å². The molecule has 0 radical (unpaired) electrons. The summed E-state index contributed by atoms with van der Waals surface area (Å²) in [6.07, 6.45) is 0. The van der Waals surface area contributed by atoms with Crippen LogP contribution < -0.4 is 4.72 Å².